The summed E-state index contributed by atoms with van der Waals surface area (Å²) in [4.78, 5) is 31.9. The molecule has 0 spiro atoms. The normalized spacial score (nSPS) is 15.0. The number of amides is 1. The van der Waals surface area contributed by atoms with Crippen LogP contribution in [-0.4, -0.2) is 38.9 Å². The highest BCUT2D eigenvalue weighted by atomic mass is 32.1. The minimum absolute atomic E-state index is 0.0112. The fraction of sp³-hybridized carbons (Fsp3) is 0.278. The molecule has 0 aromatic carbocycles. The molecule has 0 unspecified atom stereocenters. The van der Waals surface area contributed by atoms with E-state index in [9.17, 15) is 4.79 Å². The number of hydrogen-bond acceptors (Lipinski definition) is 7. The molecule has 3 aromatic rings. The van der Waals surface area contributed by atoms with Crippen LogP contribution >= 0.6 is 11.3 Å². The van der Waals surface area contributed by atoms with Crippen LogP contribution in [0.25, 0.3) is 10.7 Å². The molecule has 0 atom stereocenters. The molecule has 4 rings (SSSR count). The standard InChI is InChI=1S/C18H18N6OS/c25-17(13-4-9-24(10-5-13)16-11-19-7-8-21-16)22-15-12-26-18(23-15)14-3-1-2-6-20-14/h1-3,6-8,11-13H,4-5,9-10H2,(H,22,25). The highest BCUT2D eigenvalue weighted by Crippen LogP contribution is 2.26. The number of anilines is 2. The summed E-state index contributed by atoms with van der Waals surface area (Å²) in [6.07, 6.45) is 8.43. The average Bonchev–Trinajstić information content (AvgIpc) is 3.18. The van der Waals surface area contributed by atoms with E-state index in [-0.39, 0.29) is 11.8 Å². The molecule has 0 aliphatic carbocycles. The van der Waals surface area contributed by atoms with E-state index < -0.39 is 0 Å². The van der Waals surface area contributed by atoms with Crippen LogP contribution < -0.4 is 10.2 Å². The van der Waals surface area contributed by atoms with E-state index in [2.05, 4.69) is 30.2 Å². The number of pyridine rings is 1. The van der Waals surface area contributed by atoms with Gasteiger partial charge in [0, 0.05) is 43.0 Å². The summed E-state index contributed by atoms with van der Waals surface area (Å²) in [6, 6.07) is 5.70. The van der Waals surface area contributed by atoms with Crippen LogP contribution in [0.5, 0.6) is 0 Å². The Morgan fingerprint density at radius 1 is 1.15 bits per heavy atom. The lowest BCUT2D eigenvalue weighted by molar-refractivity contribution is -0.120. The first-order valence-electron chi connectivity index (χ1n) is 8.48. The third-order valence-electron chi connectivity index (χ3n) is 4.38. The lowest BCUT2D eigenvalue weighted by atomic mass is 9.96. The van der Waals surface area contributed by atoms with Crippen molar-refractivity contribution in [3.63, 3.8) is 0 Å². The van der Waals surface area contributed by atoms with Gasteiger partial charge in [-0.15, -0.1) is 11.3 Å². The number of piperidine rings is 1. The van der Waals surface area contributed by atoms with Gasteiger partial charge in [0.25, 0.3) is 0 Å². The lowest BCUT2D eigenvalue weighted by Gasteiger charge is -2.31. The smallest absolute Gasteiger partial charge is 0.228 e. The van der Waals surface area contributed by atoms with Crippen LogP contribution in [0.3, 0.4) is 0 Å². The maximum absolute atomic E-state index is 12.5. The maximum Gasteiger partial charge on any atom is 0.228 e. The summed E-state index contributed by atoms with van der Waals surface area (Å²) in [6.45, 7) is 1.60. The van der Waals surface area contributed by atoms with Crippen molar-refractivity contribution in [2.24, 2.45) is 5.92 Å². The van der Waals surface area contributed by atoms with E-state index in [4.69, 9.17) is 0 Å². The Bertz CT molecular complexity index is 862. The van der Waals surface area contributed by atoms with Crippen molar-refractivity contribution in [1.29, 1.82) is 0 Å². The summed E-state index contributed by atoms with van der Waals surface area (Å²) >= 11 is 1.48. The first kappa shape index (κ1) is 16.6. The number of rotatable bonds is 4. The first-order valence-corrected chi connectivity index (χ1v) is 9.36. The molecular weight excluding hydrogens is 348 g/mol. The van der Waals surface area contributed by atoms with Crippen LogP contribution in [0.1, 0.15) is 12.8 Å². The van der Waals surface area contributed by atoms with Gasteiger partial charge in [-0.25, -0.2) is 9.97 Å². The summed E-state index contributed by atoms with van der Waals surface area (Å²) in [5.74, 6) is 1.48. The van der Waals surface area contributed by atoms with Crippen molar-refractivity contribution in [3.8, 4) is 10.7 Å². The molecule has 4 heterocycles. The second-order valence-corrected chi connectivity index (χ2v) is 6.93. The number of thiazole rings is 1. The Labute approximate surface area is 155 Å². The van der Waals surface area contributed by atoms with Gasteiger partial charge >= 0.3 is 0 Å². The van der Waals surface area contributed by atoms with Crippen LogP contribution in [0.2, 0.25) is 0 Å². The number of hydrogen-bond donors (Lipinski definition) is 1. The fourth-order valence-corrected chi connectivity index (χ4v) is 3.72. The van der Waals surface area contributed by atoms with Gasteiger partial charge in [-0.3, -0.25) is 14.8 Å². The van der Waals surface area contributed by atoms with Crippen LogP contribution in [0.15, 0.2) is 48.4 Å². The Kier molecular flexibility index (Phi) is 4.83. The monoisotopic (exact) mass is 366 g/mol. The van der Waals surface area contributed by atoms with Crippen molar-refractivity contribution in [2.75, 3.05) is 23.3 Å². The second kappa shape index (κ2) is 7.57. The zero-order chi connectivity index (χ0) is 17.8. The third-order valence-corrected chi connectivity index (χ3v) is 5.24. The van der Waals surface area contributed by atoms with Crippen molar-refractivity contribution in [1.82, 2.24) is 19.9 Å². The van der Waals surface area contributed by atoms with Crippen LogP contribution in [0, 0.1) is 5.92 Å². The lowest BCUT2D eigenvalue weighted by Crippen LogP contribution is -2.38. The van der Waals surface area contributed by atoms with Gasteiger partial charge in [0.15, 0.2) is 0 Å². The van der Waals surface area contributed by atoms with Gasteiger partial charge in [0.2, 0.25) is 5.91 Å². The molecule has 0 radical (unpaired) electrons. The second-order valence-electron chi connectivity index (χ2n) is 6.07. The minimum atomic E-state index is -0.0112. The zero-order valence-electron chi connectivity index (χ0n) is 14.1. The number of nitrogens with zero attached hydrogens (tertiary/aromatic N) is 5. The first-order chi connectivity index (χ1) is 12.8. The molecule has 1 fully saturated rings. The summed E-state index contributed by atoms with van der Waals surface area (Å²) in [7, 11) is 0. The van der Waals surface area contributed by atoms with E-state index in [1.807, 2.05) is 23.6 Å². The van der Waals surface area contributed by atoms with E-state index in [0.29, 0.717) is 5.82 Å². The molecule has 1 amide bonds. The minimum Gasteiger partial charge on any atom is -0.355 e. The Morgan fingerprint density at radius 3 is 2.77 bits per heavy atom. The van der Waals surface area contributed by atoms with Crippen molar-refractivity contribution in [3.05, 3.63) is 48.4 Å². The van der Waals surface area contributed by atoms with Gasteiger partial charge < -0.3 is 10.2 Å². The third kappa shape index (κ3) is 3.70. The Hall–Kier alpha value is -2.87. The zero-order valence-corrected chi connectivity index (χ0v) is 14.9. The van der Waals surface area contributed by atoms with Crippen molar-refractivity contribution >= 4 is 28.9 Å². The topological polar surface area (TPSA) is 83.9 Å². The predicted octanol–water partition coefficient (Wildman–Crippen LogP) is 2.85. The highest BCUT2D eigenvalue weighted by molar-refractivity contribution is 7.13. The molecule has 8 heteroatoms. The predicted molar refractivity (Wildman–Crippen MR) is 101 cm³/mol. The molecular formula is C18H18N6OS. The van der Waals surface area contributed by atoms with Gasteiger partial charge in [0.05, 0.1) is 11.9 Å². The van der Waals surface area contributed by atoms with Gasteiger partial charge in [0.1, 0.15) is 16.6 Å². The molecule has 132 valence electrons. The Morgan fingerprint density at radius 2 is 2.04 bits per heavy atom. The number of carbonyl (C=O) groups excluding carboxylic acids is 1. The molecule has 0 saturated carbocycles. The van der Waals surface area contributed by atoms with Crippen LogP contribution in [-0.2, 0) is 4.79 Å². The van der Waals surface area contributed by atoms with Gasteiger partial charge in [-0.1, -0.05) is 6.07 Å². The van der Waals surface area contributed by atoms with Crippen molar-refractivity contribution < 1.29 is 4.79 Å². The Balaban J connectivity index is 1.34. The molecule has 1 saturated heterocycles. The number of nitrogens with one attached hydrogen (secondary N) is 1. The number of carbonyl (C=O) groups is 1. The van der Waals surface area contributed by atoms with Crippen molar-refractivity contribution in [2.45, 2.75) is 12.8 Å². The largest absolute Gasteiger partial charge is 0.355 e. The molecule has 3 aromatic heterocycles. The quantitative estimate of drug-likeness (QED) is 0.764. The maximum atomic E-state index is 12.5. The molecule has 7 nitrogen and oxygen atoms in total. The highest BCUT2D eigenvalue weighted by Gasteiger charge is 2.26. The average molecular weight is 366 g/mol. The number of aromatic nitrogens is 4. The molecule has 1 N–H and O–H groups in total. The van der Waals surface area contributed by atoms with E-state index in [1.54, 1.807) is 24.8 Å². The molecule has 1 aliphatic heterocycles. The van der Waals surface area contributed by atoms with E-state index >= 15 is 0 Å². The summed E-state index contributed by atoms with van der Waals surface area (Å²) in [5, 5.41) is 5.60. The molecule has 0 bridgehead atoms. The molecule has 26 heavy (non-hydrogen) atoms. The van der Waals surface area contributed by atoms with Crippen LogP contribution in [0.4, 0.5) is 11.6 Å². The van der Waals surface area contributed by atoms with Gasteiger partial charge in [-0.2, -0.15) is 0 Å². The molecule has 1 aliphatic rings. The van der Waals surface area contributed by atoms with E-state index in [1.165, 1.54) is 11.3 Å². The summed E-state index contributed by atoms with van der Waals surface area (Å²) < 4.78 is 0. The SMILES string of the molecule is O=C(Nc1csc(-c2ccccn2)n1)C1CCN(c2cnccn2)CC1. The van der Waals surface area contributed by atoms with E-state index in [0.717, 1.165) is 42.5 Å². The fourth-order valence-electron chi connectivity index (χ4n) is 2.99. The summed E-state index contributed by atoms with van der Waals surface area (Å²) in [5.41, 5.74) is 0.815. The van der Waals surface area contributed by atoms with Gasteiger partial charge in [-0.05, 0) is 25.0 Å².